The van der Waals surface area contributed by atoms with Gasteiger partial charge >= 0.3 is 12.1 Å². The molecule has 9 heteroatoms. The lowest BCUT2D eigenvalue weighted by Gasteiger charge is -2.31. The van der Waals surface area contributed by atoms with Crippen LogP contribution < -0.4 is 5.32 Å². The first kappa shape index (κ1) is 22.9. The van der Waals surface area contributed by atoms with Crippen LogP contribution in [-0.4, -0.2) is 49.9 Å². The Bertz CT molecular complexity index is 775. The third-order valence-corrected chi connectivity index (χ3v) is 5.55. The number of rotatable bonds is 6. The summed E-state index contributed by atoms with van der Waals surface area (Å²) < 4.78 is 24.1. The number of ether oxygens (including phenoxy) is 2. The van der Waals surface area contributed by atoms with Gasteiger partial charge in [0.15, 0.2) is 0 Å². The highest BCUT2D eigenvalue weighted by Gasteiger charge is 2.47. The predicted molar refractivity (Wildman–Crippen MR) is 108 cm³/mol. The van der Waals surface area contributed by atoms with Crippen molar-refractivity contribution in [2.24, 2.45) is 5.92 Å². The Morgan fingerprint density at radius 1 is 1.24 bits per heavy atom. The number of hydrogen-bond donors (Lipinski definition) is 1. The molecule has 0 spiro atoms. The van der Waals surface area contributed by atoms with E-state index in [1.165, 1.54) is 0 Å². The second-order valence-corrected chi connectivity index (χ2v) is 9.50. The van der Waals surface area contributed by atoms with Gasteiger partial charge in [0, 0.05) is 0 Å². The lowest BCUT2D eigenvalue weighted by molar-refractivity contribution is -0.163. The first-order chi connectivity index (χ1) is 13.5. The molecule has 3 atom stereocenters. The van der Waals surface area contributed by atoms with Crippen LogP contribution in [0, 0.1) is 5.92 Å². The minimum absolute atomic E-state index is 0.0485. The summed E-state index contributed by atoms with van der Waals surface area (Å²) in [5.41, 5.74) is 0.0586. The highest BCUT2D eigenvalue weighted by atomic mass is 32.2. The van der Waals surface area contributed by atoms with E-state index in [9.17, 15) is 18.6 Å². The molecule has 1 N–H and O–H groups in total. The normalized spacial score (nSPS) is 20.5. The summed E-state index contributed by atoms with van der Waals surface area (Å²) in [7, 11) is -1.76. The van der Waals surface area contributed by atoms with Gasteiger partial charge in [0.2, 0.25) is 0 Å². The average molecular weight is 425 g/mol. The maximum absolute atomic E-state index is 12.8. The number of nitrogens with one attached hydrogen (secondary N) is 1. The molecule has 2 rings (SSSR count). The molecular formula is C20H28N2O6S. The fourth-order valence-corrected chi connectivity index (χ4v) is 4.41. The first-order valence-corrected chi connectivity index (χ1v) is 10.7. The number of amides is 2. The number of carbonyl (C=O) groups is 3. The minimum atomic E-state index is -1.76. The molecule has 160 valence electrons. The summed E-state index contributed by atoms with van der Waals surface area (Å²) in [5, 5.41) is 2.44. The van der Waals surface area contributed by atoms with Crippen LogP contribution in [0.25, 0.3) is 0 Å². The summed E-state index contributed by atoms with van der Waals surface area (Å²) >= 11 is 0. The molecule has 1 aromatic rings. The van der Waals surface area contributed by atoms with E-state index >= 15 is 0 Å². The second-order valence-electron chi connectivity index (χ2n) is 8.13. The molecule has 2 amide bonds. The number of carbonyl (C=O) groups excluding carboxylic acids is 3. The molecule has 1 saturated heterocycles. The van der Waals surface area contributed by atoms with Crippen LogP contribution in [0.4, 0.5) is 4.79 Å². The zero-order chi connectivity index (χ0) is 21.8. The van der Waals surface area contributed by atoms with Crippen LogP contribution in [0.15, 0.2) is 30.3 Å². The molecule has 1 aliphatic rings. The molecule has 0 aromatic heterocycles. The van der Waals surface area contributed by atoms with Gasteiger partial charge in [0.1, 0.15) is 35.3 Å². The minimum Gasteiger partial charge on any atom is -0.458 e. The van der Waals surface area contributed by atoms with Gasteiger partial charge < -0.3 is 14.8 Å². The molecular weight excluding hydrogens is 396 g/mol. The fraction of sp³-hybridized carbons (Fsp3) is 0.550. The van der Waals surface area contributed by atoms with Crippen molar-refractivity contribution in [3.05, 3.63) is 35.9 Å². The van der Waals surface area contributed by atoms with Gasteiger partial charge in [0.25, 0.3) is 5.91 Å². The summed E-state index contributed by atoms with van der Waals surface area (Å²) in [6.45, 7) is 8.70. The summed E-state index contributed by atoms with van der Waals surface area (Å²) in [6.07, 6.45) is -0.788. The van der Waals surface area contributed by atoms with Crippen molar-refractivity contribution in [1.82, 2.24) is 9.62 Å². The number of hydrogen-bond acceptors (Lipinski definition) is 6. The van der Waals surface area contributed by atoms with Crippen molar-refractivity contribution >= 4 is 29.0 Å². The zero-order valence-electron chi connectivity index (χ0n) is 17.3. The van der Waals surface area contributed by atoms with Gasteiger partial charge in [-0.2, -0.15) is 0 Å². The lowest BCUT2D eigenvalue weighted by atomic mass is 10.0. The molecule has 0 radical (unpaired) electrons. The standard InChI is InChI=1S/C20H28N2O6S/c1-13(2)16(18(24)28-20(3,4)5)22-17(23)15(12-29(22)26)21-19(25)27-11-14-9-7-6-8-10-14/h6-10,13,15-16H,11-12H2,1-5H3,(H,21,25)/t15-,16+,29?/m0/s1. The molecule has 1 heterocycles. The average Bonchev–Trinajstić information content (AvgIpc) is 2.87. The number of nitrogens with zero attached hydrogens (tertiary/aromatic N) is 1. The first-order valence-electron chi connectivity index (χ1n) is 9.41. The monoisotopic (exact) mass is 424 g/mol. The van der Waals surface area contributed by atoms with E-state index in [0.29, 0.717) is 0 Å². The lowest BCUT2D eigenvalue weighted by Crippen LogP contribution is -2.51. The Hall–Kier alpha value is -2.42. The smallest absolute Gasteiger partial charge is 0.408 e. The van der Waals surface area contributed by atoms with E-state index in [1.54, 1.807) is 46.8 Å². The van der Waals surface area contributed by atoms with E-state index in [-0.39, 0.29) is 18.3 Å². The molecule has 1 aromatic carbocycles. The molecule has 29 heavy (non-hydrogen) atoms. The topological polar surface area (TPSA) is 102 Å². The van der Waals surface area contributed by atoms with Gasteiger partial charge in [0.05, 0.1) is 5.75 Å². The molecule has 1 aliphatic heterocycles. The van der Waals surface area contributed by atoms with Crippen LogP contribution >= 0.6 is 0 Å². The van der Waals surface area contributed by atoms with Gasteiger partial charge in [-0.1, -0.05) is 44.2 Å². The summed E-state index contributed by atoms with van der Waals surface area (Å²) in [4.78, 5) is 37.5. The molecule has 0 bridgehead atoms. The number of alkyl carbamates (subject to hydrolysis) is 1. The van der Waals surface area contributed by atoms with Crippen molar-refractivity contribution in [2.75, 3.05) is 5.75 Å². The highest BCUT2D eigenvalue weighted by Crippen LogP contribution is 2.24. The third-order valence-electron chi connectivity index (χ3n) is 4.08. The maximum atomic E-state index is 12.8. The highest BCUT2D eigenvalue weighted by molar-refractivity contribution is 7.83. The summed E-state index contributed by atoms with van der Waals surface area (Å²) in [6, 6.07) is 7.07. The Balaban J connectivity index is 2.03. The third kappa shape index (κ3) is 6.28. The van der Waals surface area contributed by atoms with Crippen molar-refractivity contribution in [1.29, 1.82) is 0 Å². The molecule has 1 fully saturated rings. The predicted octanol–water partition coefficient (Wildman–Crippen LogP) is 2.15. The zero-order valence-corrected chi connectivity index (χ0v) is 18.2. The van der Waals surface area contributed by atoms with Crippen LogP contribution in [0.5, 0.6) is 0 Å². The van der Waals surface area contributed by atoms with Crippen molar-refractivity contribution in [2.45, 2.75) is 58.9 Å². The quantitative estimate of drug-likeness (QED) is 0.702. The van der Waals surface area contributed by atoms with Crippen LogP contribution in [0.2, 0.25) is 0 Å². The second kappa shape index (κ2) is 9.39. The van der Waals surface area contributed by atoms with Crippen molar-refractivity contribution < 1.29 is 28.1 Å². The van der Waals surface area contributed by atoms with E-state index in [2.05, 4.69) is 5.32 Å². The van der Waals surface area contributed by atoms with Crippen molar-refractivity contribution in [3.63, 3.8) is 0 Å². The van der Waals surface area contributed by atoms with Crippen LogP contribution in [0.1, 0.15) is 40.2 Å². The van der Waals surface area contributed by atoms with E-state index in [1.807, 2.05) is 18.2 Å². The SMILES string of the molecule is CC(C)[C@H](C(=O)OC(C)(C)C)N1C(=O)[C@@H](NC(=O)OCc2ccccc2)CS1=O. The van der Waals surface area contributed by atoms with Crippen LogP contribution in [0.3, 0.4) is 0 Å². The molecule has 0 saturated carbocycles. The van der Waals surface area contributed by atoms with Gasteiger partial charge in [-0.05, 0) is 32.3 Å². The van der Waals surface area contributed by atoms with Crippen LogP contribution in [-0.2, 0) is 36.7 Å². The fourth-order valence-electron chi connectivity index (χ4n) is 2.82. The largest absolute Gasteiger partial charge is 0.458 e. The van der Waals surface area contributed by atoms with E-state index in [0.717, 1.165) is 9.87 Å². The number of esters is 1. The Labute approximate surface area is 173 Å². The Kier molecular flexibility index (Phi) is 7.40. The van der Waals surface area contributed by atoms with Gasteiger partial charge in [-0.15, -0.1) is 0 Å². The molecule has 8 nitrogen and oxygen atoms in total. The van der Waals surface area contributed by atoms with Crippen molar-refractivity contribution in [3.8, 4) is 0 Å². The van der Waals surface area contributed by atoms with E-state index in [4.69, 9.17) is 9.47 Å². The van der Waals surface area contributed by atoms with Gasteiger partial charge in [-0.3, -0.25) is 4.79 Å². The van der Waals surface area contributed by atoms with Gasteiger partial charge in [-0.25, -0.2) is 18.1 Å². The Morgan fingerprint density at radius 3 is 2.41 bits per heavy atom. The molecule has 0 aliphatic carbocycles. The Morgan fingerprint density at radius 2 is 1.86 bits per heavy atom. The van der Waals surface area contributed by atoms with E-state index < -0.39 is 46.6 Å². The summed E-state index contributed by atoms with van der Waals surface area (Å²) in [5.74, 6) is -1.65. The number of benzene rings is 1. The molecule has 1 unspecified atom stereocenters. The maximum Gasteiger partial charge on any atom is 0.408 e.